The quantitative estimate of drug-likeness (QED) is 0.836. The third-order valence-corrected chi connectivity index (χ3v) is 3.67. The number of hydrogen-bond acceptors (Lipinski definition) is 4. The normalized spacial score (nSPS) is 14.1. The van der Waals surface area contributed by atoms with Gasteiger partial charge >= 0.3 is 0 Å². The Morgan fingerprint density at radius 3 is 1.48 bits per heavy atom. The Kier molecular flexibility index (Phi) is 5.65. The Morgan fingerprint density at radius 2 is 1.17 bits per heavy atom. The van der Waals surface area contributed by atoms with Crippen molar-refractivity contribution in [3.63, 3.8) is 0 Å². The molecule has 6 nitrogen and oxygen atoms in total. The average molecular weight is 333 g/mol. The molecule has 1 aliphatic rings. The van der Waals surface area contributed by atoms with E-state index in [1.807, 2.05) is 0 Å². The van der Waals surface area contributed by atoms with Crippen molar-refractivity contribution in [2.45, 2.75) is 0 Å². The van der Waals surface area contributed by atoms with Gasteiger partial charge in [0.25, 0.3) is 11.8 Å². The molecule has 1 aliphatic heterocycles. The first kappa shape index (κ1) is 16.9. The van der Waals surface area contributed by atoms with Crippen LogP contribution in [0.3, 0.4) is 0 Å². The number of halogens is 1. The second kappa shape index (κ2) is 7.69. The van der Waals surface area contributed by atoms with E-state index in [1.165, 1.54) is 0 Å². The number of piperazine rings is 1. The van der Waals surface area contributed by atoms with Gasteiger partial charge in [-0.25, -0.2) is 0 Å². The molecular weight excluding hydrogens is 316 g/mol. The summed E-state index contributed by atoms with van der Waals surface area (Å²) in [5.41, 5.74) is 1.16. The first-order chi connectivity index (χ1) is 10.8. The van der Waals surface area contributed by atoms with Gasteiger partial charge in [0.1, 0.15) is 0 Å². The van der Waals surface area contributed by atoms with Crippen LogP contribution in [0.4, 0.5) is 0 Å². The molecule has 3 rings (SSSR count). The summed E-state index contributed by atoms with van der Waals surface area (Å²) in [6, 6.07) is 7.00. The zero-order chi connectivity index (χ0) is 15.4. The van der Waals surface area contributed by atoms with Crippen LogP contribution in [0.1, 0.15) is 20.7 Å². The van der Waals surface area contributed by atoms with Crippen molar-refractivity contribution >= 4 is 24.2 Å². The Morgan fingerprint density at radius 1 is 0.783 bits per heavy atom. The number of amides is 2. The van der Waals surface area contributed by atoms with Crippen LogP contribution in [0.25, 0.3) is 0 Å². The maximum Gasteiger partial charge on any atom is 0.255 e. The first-order valence-electron chi connectivity index (χ1n) is 7.14. The predicted octanol–water partition coefficient (Wildman–Crippen LogP) is 1.50. The Balaban J connectivity index is 0.00000192. The van der Waals surface area contributed by atoms with Crippen LogP contribution < -0.4 is 0 Å². The lowest BCUT2D eigenvalue weighted by molar-refractivity contribution is 0.0535. The van der Waals surface area contributed by atoms with Crippen molar-refractivity contribution in [3.05, 3.63) is 60.2 Å². The van der Waals surface area contributed by atoms with Crippen LogP contribution in [0, 0.1) is 0 Å². The van der Waals surface area contributed by atoms with Crippen LogP contribution >= 0.6 is 12.4 Å². The van der Waals surface area contributed by atoms with Crippen molar-refractivity contribution < 1.29 is 9.59 Å². The highest BCUT2D eigenvalue weighted by Gasteiger charge is 2.25. The molecule has 1 fully saturated rings. The van der Waals surface area contributed by atoms with Gasteiger partial charge in [-0.05, 0) is 24.3 Å². The maximum atomic E-state index is 12.3. The summed E-state index contributed by atoms with van der Waals surface area (Å²) in [5.74, 6) is -0.0804. The molecule has 2 aromatic heterocycles. The molecular formula is C16H17ClN4O2. The van der Waals surface area contributed by atoms with Gasteiger partial charge in [-0.1, -0.05) is 0 Å². The third-order valence-electron chi connectivity index (χ3n) is 3.67. The number of carbonyl (C=O) groups excluding carboxylic acids is 2. The van der Waals surface area contributed by atoms with Gasteiger partial charge in [0.05, 0.1) is 11.1 Å². The van der Waals surface area contributed by atoms with E-state index >= 15 is 0 Å². The standard InChI is InChI=1S/C16H16N4O2.ClH/c21-15(13-3-1-5-17-11-13)19-7-9-20(10-8-19)16(22)14-4-2-6-18-12-14;/h1-6,11-12H,7-10H2;1H. The van der Waals surface area contributed by atoms with Gasteiger partial charge in [0.15, 0.2) is 0 Å². The molecule has 0 spiro atoms. The van der Waals surface area contributed by atoms with Crippen molar-refractivity contribution in [3.8, 4) is 0 Å². The number of pyridine rings is 2. The minimum Gasteiger partial charge on any atom is -0.335 e. The fourth-order valence-electron chi connectivity index (χ4n) is 2.46. The van der Waals surface area contributed by atoms with Gasteiger partial charge in [0, 0.05) is 51.0 Å². The number of aromatic nitrogens is 2. The highest BCUT2D eigenvalue weighted by Crippen LogP contribution is 2.10. The largest absolute Gasteiger partial charge is 0.335 e. The molecule has 3 heterocycles. The fourth-order valence-corrected chi connectivity index (χ4v) is 2.46. The van der Waals surface area contributed by atoms with Gasteiger partial charge < -0.3 is 9.80 Å². The van der Waals surface area contributed by atoms with E-state index in [2.05, 4.69) is 9.97 Å². The summed E-state index contributed by atoms with van der Waals surface area (Å²) in [7, 11) is 0. The molecule has 2 amide bonds. The summed E-state index contributed by atoms with van der Waals surface area (Å²) in [5, 5.41) is 0. The van der Waals surface area contributed by atoms with Crippen LogP contribution in [0.2, 0.25) is 0 Å². The highest BCUT2D eigenvalue weighted by atomic mass is 35.5. The molecule has 0 aromatic carbocycles. The molecule has 0 unspecified atom stereocenters. The topological polar surface area (TPSA) is 66.4 Å². The highest BCUT2D eigenvalue weighted by molar-refractivity contribution is 5.95. The molecule has 0 N–H and O–H groups in total. The molecule has 7 heteroatoms. The van der Waals surface area contributed by atoms with Crippen LogP contribution in [0.15, 0.2) is 49.1 Å². The summed E-state index contributed by atoms with van der Waals surface area (Å²) in [4.78, 5) is 36.1. The Bertz CT molecular complexity index is 599. The lowest BCUT2D eigenvalue weighted by atomic mass is 10.2. The second-order valence-electron chi connectivity index (χ2n) is 5.07. The van der Waals surface area contributed by atoms with Gasteiger partial charge in [0.2, 0.25) is 0 Å². The Labute approximate surface area is 140 Å². The lowest BCUT2D eigenvalue weighted by Crippen LogP contribution is -2.50. The average Bonchev–Trinajstić information content (AvgIpc) is 2.62. The van der Waals surface area contributed by atoms with E-state index in [9.17, 15) is 9.59 Å². The maximum absolute atomic E-state index is 12.3. The van der Waals surface area contributed by atoms with Crippen molar-refractivity contribution in [2.24, 2.45) is 0 Å². The van der Waals surface area contributed by atoms with E-state index in [4.69, 9.17) is 0 Å². The monoisotopic (exact) mass is 332 g/mol. The van der Waals surface area contributed by atoms with Crippen LogP contribution in [-0.2, 0) is 0 Å². The molecule has 0 aliphatic carbocycles. The lowest BCUT2D eigenvalue weighted by Gasteiger charge is -2.34. The number of rotatable bonds is 2. The predicted molar refractivity (Wildman–Crippen MR) is 87.5 cm³/mol. The molecule has 0 radical (unpaired) electrons. The number of carbonyl (C=O) groups is 2. The summed E-state index contributed by atoms with van der Waals surface area (Å²) in [6.07, 6.45) is 6.41. The smallest absolute Gasteiger partial charge is 0.255 e. The molecule has 0 saturated carbocycles. The molecule has 2 aromatic rings. The molecule has 23 heavy (non-hydrogen) atoms. The zero-order valence-electron chi connectivity index (χ0n) is 12.5. The van der Waals surface area contributed by atoms with E-state index in [0.29, 0.717) is 37.3 Å². The minimum absolute atomic E-state index is 0. The van der Waals surface area contributed by atoms with Crippen molar-refractivity contribution in [2.75, 3.05) is 26.2 Å². The van der Waals surface area contributed by atoms with E-state index < -0.39 is 0 Å². The molecule has 0 atom stereocenters. The molecule has 1 saturated heterocycles. The van der Waals surface area contributed by atoms with Gasteiger partial charge in [-0.15, -0.1) is 12.4 Å². The number of hydrogen-bond donors (Lipinski definition) is 0. The van der Waals surface area contributed by atoms with E-state index in [0.717, 1.165) is 0 Å². The van der Waals surface area contributed by atoms with Crippen molar-refractivity contribution in [1.29, 1.82) is 0 Å². The zero-order valence-corrected chi connectivity index (χ0v) is 13.3. The molecule has 120 valence electrons. The number of nitrogens with zero attached hydrogens (tertiary/aromatic N) is 4. The van der Waals surface area contributed by atoms with E-state index in [-0.39, 0.29) is 24.2 Å². The second-order valence-corrected chi connectivity index (χ2v) is 5.07. The van der Waals surface area contributed by atoms with Gasteiger partial charge in [-0.2, -0.15) is 0 Å². The Hall–Kier alpha value is -2.47. The first-order valence-corrected chi connectivity index (χ1v) is 7.14. The van der Waals surface area contributed by atoms with Crippen LogP contribution in [0.5, 0.6) is 0 Å². The molecule has 0 bridgehead atoms. The summed E-state index contributed by atoms with van der Waals surface area (Å²) < 4.78 is 0. The van der Waals surface area contributed by atoms with E-state index in [1.54, 1.807) is 58.9 Å². The minimum atomic E-state index is -0.0402. The summed E-state index contributed by atoms with van der Waals surface area (Å²) in [6.45, 7) is 2.11. The van der Waals surface area contributed by atoms with Crippen molar-refractivity contribution in [1.82, 2.24) is 19.8 Å². The van der Waals surface area contributed by atoms with Crippen LogP contribution in [-0.4, -0.2) is 57.8 Å². The third kappa shape index (κ3) is 3.84. The SMILES string of the molecule is Cl.O=C(c1cccnc1)N1CCN(C(=O)c2cccnc2)CC1. The fraction of sp³-hybridized carbons (Fsp3) is 0.250. The van der Waals surface area contributed by atoms with Gasteiger partial charge in [-0.3, -0.25) is 19.6 Å². The summed E-state index contributed by atoms with van der Waals surface area (Å²) >= 11 is 0.